The smallest absolute Gasteiger partial charge is 0.196 e. The van der Waals surface area contributed by atoms with Gasteiger partial charge in [-0.25, -0.2) is 8.78 Å². The van der Waals surface area contributed by atoms with Gasteiger partial charge in [-0.05, 0) is 147 Å². The summed E-state index contributed by atoms with van der Waals surface area (Å²) >= 11 is 11.7. The van der Waals surface area contributed by atoms with E-state index in [2.05, 4.69) is 0 Å². The summed E-state index contributed by atoms with van der Waals surface area (Å²) in [5, 5.41) is 23.7. The van der Waals surface area contributed by atoms with E-state index in [0.29, 0.717) is 82.7 Å². The number of hydrogen-bond donors (Lipinski definition) is 2. The molecule has 2 fully saturated rings. The lowest BCUT2D eigenvalue weighted by Gasteiger charge is -2.38. The average molecular weight is 782 g/mol. The summed E-state index contributed by atoms with van der Waals surface area (Å²) in [7, 11) is 0. The van der Waals surface area contributed by atoms with Gasteiger partial charge in [0.05, 0.1) is 22.3 Å². The van der Waals surface area contributed by atoms with Crippen LogP contribution in [0.4, 0.5) is 8.78 Å². The largest absolute Gasteiger partial charge is 0.385 e. The lowest BCUT2D eigenvalue weighted by molar-refractivity contribution is -0.0733. The highest BCUT2D eigenvalue weighted by atomic mass is 35.5. The second-order valence-corrected chi connectivity index (χ2v) is 15.2. The molecule has 2 heterocycles. The zero-order valence-electron chi connectivity index (χ0n) is 31.2. The van der Waals surface area contributed by atoms with E-state index >= 15 is 0 Å². The summed E-state index contributed by atoms with van der Waals surface area (Å²) in [6.07, 6.45) is 3.88. The molecule has 6 rings (SSSR count). The lowest BCUT2D eigenvalue weighted by Crippen LogP contribution is -2.38. The molecule has 2 aliphatic heterocycles. The Morgan fingerprint density at radius 1 is 0.630 bits per heavy atom. The zero-order valence-corrected chi connectivity index (χ0v) is 32.7. The minimum absolute atomic E-state index is 0.00728. The number of hydrogen-bond acceptors (Lipinski definition) is 6. The molecule has 0 saturated carbocycles. The molecule has 6 nitrogen and oxygen atoms in total. The molecule has 0 radical (unpaired) electrons. The van der Waals surface area contributed by atoms with Crippen LogP contribution in [0.25, 0.3) is 0 Å². The Labute approximate surface area is 326 Å². The fraction of sp³-hybridized carbons (Fsp3) is 0.409. The van der Waals surface area contributed by atoms with E-state index in [1.807, 2.05) is 13.8 Å². The first-order valence-electron chi connectivity index (χ1n) is 18.5. The number of carbonyl (C=O) groups is 2. The number of benzene rings is 4. The molecule has 0 aromatic heterocycles. The fourth-order valence-electron chi connectivity index (χ4n) is 7.86. The Balaban J connectivity index is 0.000000208. The van der Waals surface area contributed by atoms with Crippen molar-refractivity contribution in [3.8, 4) is 0 Å². The Bertz CT molecular complexity index is 1750. The Morgan fingerprint density at radius 2 is 0.944 bits per heavy atom. The van der Waals surface area contributed by atoms with Crippen molar-refractivity contribution >= 4 is 34.8 Å². The van der Waals surface area contributed by atoms with Crippen molar-refractivity contribution in [1.29, 1.82) is 0 Å². The molecule has 54 heavy (non-hydrogen) atoms. The van der Waals surface area contributed by atoms with Crippen LogP contribution in [0, 0.1) is 37.3 Å². The van der Waals surface area contributed by atoms with Gasteiger partial charge in [0.2, 0.25) is 0 Å². The molecule has 10 heteroatoms. The maximum absolute atomic E-state index is 15.0. The first-order valence-corrected chi connectivity index (χ1v) is 19.3. The molecular weight excluding hydrogens is 733 g/mol. The molecule has 0 bridgehead atoms. The second kappa shape index (κ2) is 18.0. The van der Waals surface area contributed by atoms with E-state index in [9.17, 15) is 28.6 Å². The molecule has 2 aliphatic rings. The van der Waals surface area contributed by atoms with E-state index in [4.69, 9.17) is 32.7 Å². The molecule has 0 unspecified atom stereocenters. The fourth-order valence-corrected chi connectivity index (χ4v) is 8.11. The predicted octanol–water partition coefficient (Wildman–Crippen LogP) is 10.1. The van der Waals surface area contributed by atoms with Crippen molar-refractivity contribution < 1.29 is 38.1 Å². The summed E-state index contributed by atoms with van der Waals surface area (Å²) in [4.78, 5) is 25.5. The van der Waals surface area contributed by atoms with Gasteiger partial charge < -0.3 is 19.7 Å². The standard InChI is InChI=1S/2C22H24ClFO3/c2*1-3-22(26,16-8-10-27-11-9-16)17-12-14(2)20(19(24)13-17)21(25)15-4-6-18(23)7-5-15/h2*4-7,12-13,16,26H,3,8-11H2,1-2H3/t2*22-/m10/s1. The molecule has 0 aliphatic carbocycles. The number of halogens is 4. The van der Waals surface area contributed by atoms with Gasteiger partial charge in [0, 0.05) is 47.6 Å². The number of rotatable bonds is 10. The summed E-state index contributed by atoms with van der Waals surface area (Å²) in [6, 6.07) is 18.9. The third kappa shape index (κ3) is 8.96. The van der Waals surface area contributed by atoms with Crippen molar-refractivity contribution in [2.45, 2.75) is 77.4 Å². The number of aryl methyl sites for hydroxylation is 2. The monoisotopic (exact) mass is 780 g/mol. The van der Waals surface area contributed by atoms with E-state index in [-0.39, 0.29) is 34.5 Å². The third-order valence-electron chi connectivity index (χ3n) is 11.1. The second-order valence-electron chi connectivity index (χ2n) is 14.3. The normalized spacial score (nSPS) is 17.5. The van der Waals surface area contributed by atoms with Crippen molar-refractivity contribution in [2.24, 2.45) is 11.8 Å². The van der Waals surface area contributed by atoms with Gasteiger partial charge in [-0.3, -0.25) is 9.59 Å². The van der Waals surface area contributed by atoms with Crippen LogP contribution in [-0.4, -0.2) is 48.2 Å². The number of aliphatic hydroxyl groups is 2. The van der Waals surface area contributed by atoms with Gasteiger partial charge >= 0.3 is 0 Å². The van der Waals surface area contributed by atoms with E-state index < -0.39 is 22.8 Å². The molecule has 288 valence electrons. The van der Waals surface area contributed by atoms with Crippen LogP contribution in [-0.2, 0) is 20.7 Å². The SMILES string of the molecule is CC[C@@](O)(c1cc(C)c(C(=O)c2ccc(Cl)cc2)c(F)c1)C1CCOCC1.CC[C@](O)(c1cc(C)c(C(=O)c2ccc(Cl)cc2)c(F)c1)C1CCOCC1. The first kappa shape index (κ1) is 41.7. The average Bonchev–Trinajstić information content (AvgIpc) is 3.18. The van der Waals surface area contributed by atoms with Crippen LogP contribution >= 0.6 is 23.2 Å². The van der Waals surface area contributed by atoms with Gasteiger partial charge in [-0.15, -0.1) is 0 Å². The van der Waals surface area contributed by atoms with E-state index in [0.717, 1.165) is 25.7 Å². The zero-order chi connectivity index (χ0) is 39.2. The molecule has 2 atom stereocenters. The predicted molar refractivity (Wildman–Crippen MR) is 208 cm³/mol. The van der Waals surface area contributed by atoms with Crippen molar-refractivity contribution in [2.75, 3.05) is 26.4 Å². The Hall–Kier alpha value is -3.50. The highest BCUT2D eigenvalue weighted by Crippen LogP contribution is 2.41. The van der Waals surface area contributed by atoms with Crippen molar-refractivity contribution in [3.05, 3.63) is 139 Å². The Morgan fingerprint density at radius 3 is 1.22 bits per heavy atom. The maximum Gasteiger partial charge on any atom is 0.196 e. The van der Waals surface area contributed by atoms with Crippen LogP contribution in [0.2, 0.25) is 10.0 Å². The van der Waals surface area contributed by atoms with E-state index in [1.54, 1.807) is 74.5 Å². The molecule has 4 aromatic rings. The third-order valence-corrected chi connectivity index (χ3v) is 11.6. The van der Waals surface area contributed by atoms with Crippen LogP contribution in [0.5, 0.6) is 0 Å². The van der Waals surface area contributed by atoms with E-state index in [1.165, 1.54) is 12.1 Å². The number of ether oxygens (including phenoxy) is 2. The molecule has 0 spiro atoms. The minimum Gasteiger partial charge on any atom is -0.385 e. The van der Waals surface area contributed by atoms with Crippen LogP contribution < -0.4 is 0 Å². The highest BCUT2D eigenvalue weighted by Gasteiger charge is 2.40. The van der Waals surface area contributed by atoms with Crippen LogP contribution in [0.1, 0.15) is 106 Å². The van der Waals surface area contributed by atoms with Gasteiger partial charge in [0.25, 0.3) is 0 Å². The minimum atomic E-state index is -1.13. The van der Waals surface area contributed by atoms with Gasteiger partial charge in [0.15, 0.2) is 11.6 Å². The van der Waals surface area contributed by atoms with Crippen LogP contribution in [0.3, 0.4) is 0 Å². The molecule has 0 amide bonds. The van der Waals surface area contributed by atoms with Gasteiger partial charge in [0.1, 0.15) is 11.6 Å². The van der Waals surface area contributed by atoms with Gasteiger partial charge in [-0.1, -0.05) is 49.2 Å². The van der Waals surface area contributed by atoms with Crippen molar-refractivity contribution in [1.82, 2.24) is 0 Å². The maximum atomic E-state index is 15.0. The van der Waals surface area contributed by atoms with Crippen molar-refractivity contribution in [3.63, 3.8) is 0 Å². The molecule has 4 aromatic carbocycles. The molecule has 2 N–H and O–H groups in total. The number of ketones is 2. The quantitative estimate of drug-likeness (QED) is 0.156. The Kier molecular flexibility index (Phi) is 13.9. The number of carbonyl (C=O) groups excluding carboxylic acids is 2. The first-order chi connectivity index (χ1) is 25.7. The summed E-state index contributed by atoms with van der Waals surface area (Å²) in [5.74, 6) is -1.98. The molecule has 2 saturated heterocycles. The summed E-state index contributed by atoms with van der Waals surface area (Å²) in [6.45, 7) is 9.60. The summed E-state index contributed by atoms with van der Waals surface area (Å²) < 4.78 is 40.7. The van der Waals surface area contributed by atoms with Crippen LogP contribution in [0.15, 0.2) is 72.8 Å². The lowest BCUT2D eigenvalue weighted by atomic mass is 9.74. The topological polar surface area (TPSA) is 93.1 Å². The molecular formula is C44H48Cl2F2O6. The summed E-state index contributed by atoms with van der Waals surface area (Å²) in [5.41, 5.74) is 0.660. The van der Waals surface area contributed by atoms with Gasteiger partial charge in [-0.2, -0.15) is 0 Å². The highest BCUT2D eigenvalue weighted by molar-refractivity contribution is 6.31.